The fraction of sp³-hybridized carbons (Fsp3) is 0.357. The molecule has 2 rings (SSSR count). The molecular weight excluding hydrogens is 215 g/mol. The molecule has 3 heteroatoms. The van der Waals surface area contributed by atoms with Crippen molar-refractivity contribution in [1.82, 2.24) is 9.78 Å². The van der Waals surface area contributed by atoms with Gasteiger partial charge in [0.2, 0.25) is 0 Å². The summed E-state index contributed by atoms with van der Waals surface area (Å²) in [7, 11) is 1.87. The lowest BCUT2D eigenvalue weighted by atomic mass is 9.85. The molecule has 0 saturated carbocycles. The van der Waals surface area contributed by atoms with E-state index < -0.39 is 0 Å². The topological polar surface area (TPSA) is 17.8 Å². The average Bonchev–Trinajstić information content (AvgIpc) is 2.64. The second-order valence-electron chi connectivity index (χ2n) is 5.35. The summed E-state index contributed by atoms with van der Waals surface area (Å²) in [6.07, 6.45) is 3.72. The van der Waals surface area contributed by atoms with E-state index >= 15 is 0 Å². The first-order valence-electron chi connectivity index (χ1n) is 5.67. The first kappa shape index (κ1) is 11.8. The van der Waals surface area contributed by atoms with Crippen molar-refractivity contribution >= 4 is 0 Å². The van der Waals surface area contributed by atoms with Crippen molar-refractivity contribution in [2.75, 3.05) is 0 Å². The van der Waals surface area contributed by atoms with Crippen molar-refractivity contribution in [3.05, 3.63) is 42.0 Å². The van der Waals surface area contributed by atoms with E-state index in [4.69, 9.17) is 0 Å². The highest BCUT2D eigenvalue weighted by Gasteiger charge is 2.19. The van der Waals surface area contributed by atoms with Crippen LogP contribution >= 0.6 is 0 Å². The Morgan fingerprint density at radius 3 is 2.41 bits per heavy atom. The van der Waals surface area contributed by atoms with Gasteiger partial charge in [0.25, 0.3) is 0 Å². The summed E-state index contributed by atoms with van der Waals surface area (Å²) in [5.74, 6) is -0.148. The molecule has 0 atom stereocenters. The maximum atomic E-state index is 13.8. The summed E-state index contributed by atoms with van der Waals surface area (Å²) >= 11 is 0. The molecule has 0 saturated heterocycles. The van der Waals surface area contributed by atoms with Crippen molar-refractivity contribution in [3.63, 3.8) is 0 Å². The van der Waals surface area contributed by atoms with Crippen molar-refractivity contribution in [2.45, 2.75) is 26.2 Å². The maximum Gasteiger partial charge on any atom is 0.126 e. The largest absolute Gasteiger partial charge is 0.275 e. The Balaban J connectivity index is 2.51. The lowest BCUT2D eigenvalue weighted by Gasteiger charge is -2.20. The average molecular weight is 232 g/mol. The number of hydrogen-bond donors (Lipinski definition) is 0. The van der Waals surface area contributed by atoms with Gasteiger partial charge in [-0.15, -0.1) is 0 Å². The molecule has 0 fully saturated rings. The van der Waals surface area contributed by atoms with Gasteiger partial charge in [-0.2, -0.15) is 5.10 Å². The summed E-state index contributed by atoms with van der Waals surface area (Å²) in [5.41, 5.74) is 2.56. The molecule has 2 nitrogen and oxygen atoms in total. The van der Waals surface area contributed by atoms with Gasteiger partial charge in [-0.3, -0.25) is 4.68 Å². The first-order chi connectivity index (χ1) is 7.88. The third-order valence-corrected chi connectivity index (χ3v) is 2.81. The molecule has 0 aliphatic rings. The second kappa shape index (κ2) is 3.99. The highest BCUT2D eigenvalue weighted by atomic mass is 19.1. The zero-order valence-corrected chi connectivity index (χ0v) is 10.7. The molecule has 0 radical (unpaired) electrons. The molecule has 2 aromatic rings. The third-order valence-electron chi connectivity index (χ3n) is 2.81. The van der Waals surface area contributed by atoms with Gasteiger partial charge in [-0.1, -0.05) is 26.8 Å². The van der Waals surface area contributed by atoms with Gasteiger partial charge in [0.15, 0.2) is 0 Å². The van der Waals surface area contributed by atoms with Crippen LogP contribution in [0.3, 0.4) is 0 Å². The van der Waals surface area contributed by atoms with E-state index in [1.807, 2.05) is 40.1 Å². The van der Waals surface area contributed by atoms with Crippen molar-refractivity contribution in [2.24, 2.45) is 7.05 Å². The minimum absolute atomic E-state index is 0.148. The molecule has 0 aliphatic carbocycles. The summed E-state index contributed by atoms with van der Waals surface area (Å²) in [4.78, 5) is 0. The number of benzene rings is 1. The molecule has 0 bridgehead atoms. The van der Waals surface area contributed by atoms with Gasteiger partial charge in [-0.25, -0.2) is 4.39 Å². The number of halogens is 1. The van der Waals surface area contributed by atoms with Crippen molar-refractivity contribution in [3.8, 4) is 11.1 Å². The van der Waals surface area contributed by atoms with Crippen LogP contribution in [0.5, 0.6) is 0 Å². The van der Waals surface area contributed by atoms with Gasteiger partial charge in [0, 0.05) is 18.8 Å². The van der Waals surface area contributed by atoms with E-state index in [1.54, 1.807) is 16.9 Å². The van der Waals surface area contributed by atoms with E-state index in [2.05, 4.69) is 5.10 Å². The zero-order chi connectivity index (χ0) is 12.6. The SMILES string of the molecule is Cn1cc(-c2ccc(F)c(C(C)(C)C)c2)cn1. The number of hydrogen-bond acceptors (Lipinski definition) is 1. The molecule has 0 aliphatic heterocycles. The van der Waals surface area contributed by atoms with Gasteiger partial charge in [0.05, 0.1) is 6.20 Å². The predicted octanol–water partition coefficient (Wildman–Crippen LogP) is 3.52. The Labute approximate surface area is 101 Å². The summed E-state index contributed by atoms with van der Waals surface area (Å²) in [6.45, 7) is 6.04. The molecule has 90 valence electrons. The molecule has 0 unspecified atom stereocenters. The van der Waals surface area contributed by atoms with E-state index in [-0.39, 0.29) is 11.2 Å². The van der Waals surface area contributed by atoms with E-state index in [9.17, 15) is 4.39 Å². The van der Waals surface area contributed by atoms with Crippen LogP contribution in [0.1, 0.15) is 26.3 Å². The molecule has 0 N–H and O–H groups in total. The Morgan fingerprint density at radius 2 is 1.88 bits per heavy atom. The zero-order valence-electron chi connectivity index (χ0n) is 10.7. The third kappa shape index (κ3) is 2.38. The van der Waals surface area contributed by atoms with Gasteiger partial charge in [0.1, 0.15) is 5.82 Å². The van der Waals surface area contributed by atoms with Crippen LogP contribution in [0, 0.1) is 5.82 Å². The monoisotopic (exact) mass is 232 g/mol. The van der Waals surface area contributed by atoms with E-state index in [0.29, 0.717) is 0 Å². The van der Waals surface area contributed by atoms with E-state index in [0.717, 1.165) is 16.7 Å². The molecule has 0 spiro atoms. The van der Waals surface area contributed by atoms with Crippen molar-refractivity contribution < 1.29 is 4.39 Å². The molecular formula is C14H17FN2. The molecule has 1 heterocycles. The Kier molecular flexibility index (Phi) is 2.77. The van der Waals surface area contributed by atoms with E-state index in [1.165, 1.54) is 6.07 Å². The first-order valence-corrected chi connectivity index (χ1v) is 5.67. The Bertz CT molecular complexity index is 535. The Hall–Kier alpha value is -1.64. The van der Waals surface area contributed by atoms with Crippen LogP contribution in [-0.2, 0) is 12.5 Å². The summed E-state index contributed by atoms with van der Waals surface area (Å²) < 4.78 is 15.5. The fourth-order valence-electron chi connectivity index (χ4n) is 1.85. The van der Waals surface area contributed by atoms with Gasteiger partial charge in [-0.05, 0) is 28.7 Å². The van der Waals surface area contributed by atoms with Gasteiger partial charge < -0.3 is 0 Å². The summed E-state index contributed by atoms with van der Waals surface area (Å²) in [5, 5.41) is 4.13. The predicted molar refractivity (Wildman–Crippen MR) is 67.3 cm³/mol. The number of nitrogens with zero attached hydrogens (tertiary/aromatic N) is 2. The maximum absolute atomic E-state index is 13.8. The molecule has 1 aromatic heterocycles. The highest BCUT2D eigenvalue weighted by molar-refractivity contribution is 5.63. The fourth-order valence-corrected chi connectivity index (χ4v) is 1.85. The molecule has 1 aromatic carbocycles. The van der Waals surface area contributed by atoms with Crippen LogP contribution in [0.2, 0.25) is 0 Å². The minimum atomic E-state index is -0.192. The number of aryl methyl sites for hydroxylation is 1. The standard InChI is InChI=1S/C14H17FN2/c1-14(2,3)12-7-10(5-6-13(12)15)11-8-16-17(4)9-11/h5-9H,1-4H3. The molecule has 0 amide bonds. The van der Waals surface area contributed by atoms with Crippen LogP contribution in [0.4, 0.5) is 4.39 Å². The number of rotatable bonds is 1. The quantitative estimate of drug-likeness (QED) is 0.735. The lowest BCUT2D eigenvalue weighted by Crippen LogP contribution is -2.13. The Morgan fingerprint density at radius 1 is 1.18 bits per heavy atom. The van der Waals surface area contributed by atoms with Crippen LogP contribution in [-0.4, -0.2) is 9.78 Å². The van der Waals surface area contributed by atoms with Crippen LogP contribution in [0.25, 0.3) is 11.1 Å². The highest BCUT2D eigenvalue weighted by Crippen LogP contribution is 2.29. The normalized spacial score (nSPS) is 11.8. The van der Waals surface area contributed by atoms with Crippen molar-refractivity contribution in [1.29, 1.82) is 0 Å². The minimum Gasteiger partial charge on any atom is -0.275 e. The smallest absolute Gasteiger partial charge is 0.126 e. The summed E-state index contributed by atoms with van der Waals surface area (Å²) in [6, 6.07) is 5.23. The van der Waals surface area contributed by atoms with Crippen LogP contribution < -0.4 is 0 Å². The lowest BCUT2D eigenvalue weighted by molar-refractivity contribution is 0.523. The number of aromatic nitrogens is 2. The van der Waals surface area contributed by atoms with Gasteiger partial charge >= 0.3 is 0 Å². The van der Waals surface area contributed by atoms with Crippen LogP contribution in [0.15, 0.2) is 30.6 Å². The molecule has 17 heavy (non-hydrogen) atoms. The second-order valence-corrected chi connectivity index (χ2v) is 5.35.